The summed E-state index contributed by atoms with van der Waals surface area (Å²) in [6, 6.07) is 7.64. The lowest BCUT2D eigenvalue weighted by molar-refractivity contribution is -0.384. The van der Waals surface area contributed by atoms with Crippen molar-refractivity contribution in [1.82, 2.24) is 9.97 Å². The fraction of sp³-hybridized carbons (Fsp3) is 0.0769. The highest BCUT2D eigenvalue weighted by Gasteiger charge is 2.13. The van der Waals surface area contributed by atoms with Crippen LogP contribution >= 0.6 is 11.3 Å². The molecular weight excluding hydrogens is 322 g/mol. The van der Waals surface area contributed by atoms with E-state index in [0.717, 1.165) is 11.3 Å². The van der Waals surface area contributed by atoms with Gasteiger partial charge >= 0.3 is 5.00 Å². The van der Waals surface area contributed by atoms with E-state index in [1.807, 2.05) is 0 Å². The molecule has 0 atom stereocenters. The van der Waals surface area contributed by atoms with Crippen molar-refractivity contribution >= 4 is 38.2 Å². The zero-order valence-electron chi connectivity index (χ0n) is 11.5. The standard InChI is InChI=1S/C13H9N5O4S/c19-17(20)10-3-1-2-8(4-10)6-14-13-15-7-9-5-11(18(21)22)23-12(9)16-13/h1-5,7H,6H2,(H,14,15,16). The Kier molecular flexibility index (Phi) is 3.81. The minimum absolute atomic E-state index is 0.00475. The van der Waals surface area contributed by atoms with Crippen molar-refractivity contribution < 1.29 is 9.85 Å². The quantitative estimate of drug-likeness (QED) is 0.562. The number of anilines is 1. The van der Waals surface area contributed by atoms with Gasteiger partial charge in [-0.05, 0) is 16.9 Å². The topological polar surface area (TPSA) is 124 Å². The van der Waals surface area contributed by atoms with Crippen molar-refractivity contribution in [3.63, 3.8) is 0 Å². The highest BCUT2D eigenvalue weighted by molar-refractivity contribution is 7.21. The molecule has 0 unspecified atom stereocenters. The van der Waals surface area contributed by atoms with E-state index in [1.54, 1.807) is 12.1 Å². The van der Waals surface area contributed by atoms with E-state index >= 15 is 0 Å². The van der Waals surface area contributed by atoms with E-state index in [9.17, 15) is 20.2 Å². The molecule has 0 fully saturated rings. The maximum atomic E-state index is 10.8. The molecule has 2 aromatic heterocycles. The lowest BCUT2D eigenvalue weighted by Gasteiger charge is -2.04. The maximum absolute atomic E-state index is 10.8. The van der Waals surface area contributed by atoms with Gasteiger partial charge in [-0.25, -0.2) is 9.97 Å². The smallest absolute Gasteiger partial charge is 0.326 e. The van der Waals surface area contributed by atoms with Gasteiger partial charge in [-0.15, -0.1) is 0 Å². The number of benzene rings is 1. The number of rotatable bonds is 5. The summed E-state index contributed by atoms with van der Waals surface area (Å²) in [7, 11) is 0. The largest absolute Gasteiger partial charge is 0.350 e. The van der Waals surface area contributed by atoms with Gasteiger partial charge in [0.25, 0.3) is 5.69 Å². The van der Waals surface area contributed by atoms with Crippen LogP contribution in [-0.2, 0) is 6.54 Å². The molecular formula is C13H9N5O4S. The van der Waals surface area contributed by atoms with Crippen LogP contribution in [0.4, 0.5) is 16.6 Å². The molecule has 0 saturated carbocycles. The number of nitro groups is 2. The molecule has 1 aromatic carbocycles. The first kappa shape index (κ1) is 14.8. The molecule has 0 spiro atoms. The zero-order chi connectivity index (χ0) is 16.4. The third-order valence-electron chi connectivity index (χ3n) is 3.01. The molecule has 0 aliphatic carbocycles. The van der Waals surface area contributed by atoms with E-state index in [0.29, 0.717) is 28.3 Å². The Balaban J connectivity index is 1.77. The van der Waals surface area contributed by atoms with Crippen molar-refractivity contribution in [1.29, 1.82) is 0 Å². The number of aromatic nitrogens is 2. The van der Waals surface area contributed by atoms with E-state index in [2.05, 4.69) is 15.3 Å². The Morgan fingerprint density at radius 2 is 2.00 bits per heavy atom. The number of hydrogen-bond acceptors (Lipinski definition) is 8. The first-order chi connectivity index (χ1) is 11.0. The summed E-state index contributed by atoms with van der Waals surface area (Å²) in [5.41, 5.74) is 0.717. The van der Waals surface area contributed by atoms with Crippen molar-refractivity contribution in [3.8, 4) is 0 Å². The Morgan fingerprint density at radius 1 is 1.17 bits per heavy atom. The molecule has 0 bridgehead atoms. The van der Waals surface area contributed by atoms with Crippen LogP contribution in [-0.4, -0.2) is 19.8 Å². The number of nitrogens with zero attached hydrogens (tertiary/aromatic N) is 4. The first-order valence-electron chi connectivity index (χ1n) is 6.41. The van der Waals surface area contributed by atoms with Crippen molar-refractivity contribution in [2.24, 2.45) is 0 Å². The lowest BCUT2D eigenvalue weighted by Crippen LogP contribution is -2.03. The fourth-order valence-electron chi connectivity index (χ4n) is 1.95. The molecule has 0 aliphatic rings. The Hall–Kier alpha value is -3.14. The summed E-state index contributed by atoms with van der Waals surface area (Å²) in [6.07, 6.45) is 1.50. The van der Waals surface area contributed by atoms with Crippen LogP contribution in [0.15, 0.2) is 36.5 Å². The molecule has 0 amide bonds. The number of hydrogen-bond donors (Lipinski definition) is 1. The number of non-ortho nitro benzene ring substituents is 1. The van der Waals surface area contributed by atoms with Gasteiger partial charge in [-0.2, -0.15) is 0 Å². The maximum Gasteiger partial charge on any atom is 0.326 e. The third-order valence-corrected chi connectivity index (χ3v) is 4.01. The van der Waals surface area contributed by atoms with Gasteiger partial charge in [-0.3, -0.25) is 20.2 Å². The number of nitro benzene ring substituents is 1. The molecule has 0 saturated heterocycles. The Bertz CT molecular complexity index is 910. The summed E-state index contributed by atoms with van der Waals surface area (Å²) in [5.74, 6) is 0.306. The normalized spacial score (nSPS) is 10.6. The van der Waals surface area contributed by atoms with Gasteiger partial charge in [0.2, 0.25) is 5.95 Å². The second-order valence-electron chi connectivity index (χ2n) is 4.58. The molecule has 23 heavy (non-hydrogen) atoms. The predicted octanol–water partition coefficient (Wildman–Crippen LogP) is 3.12. The highest BCUT2D eigenvalue weighted by Crippen LogP contribution is 2.29. The zero-order valence-corrected chi connectivity index (χ0v) is 12.3. The molecule has 10 heteroatoms. The van der Waals surface area contributed by atoms with Crippen molar-refractivity contribution in [3.05, 3.63) is 62.3 Å². The Morgan fingerprint density at radius 3 is 2.74 bits per heavy atom. The van der Waals surface area contributed by atoms with Crippen molar-refractivity contribution in [2.75, 3.05) is 5.32 Å². The summed E-state index contributed by atoms with van der Waals surface area (Å²) >= 11 is 0.968. The summed E-state index contributed by atoms with van der Waals surface area (Å²) < 4.78 is 0. The van der Waals surface area contributed by atoms with Gasteiger partial charge in [0, 0.05) is 36.3 Å². The van der Waals surface area contributed by atoms with Crippen LogP contribution in [0, 0.1) is 20.2 Å². The van der Waals surface area contributed by atoms with Crippen LogP contribution < -0.4 is 5.32 Å². The van der Waals surface area contributed by atoms with Gasteiger partial charge in [0.15, 0.2) is 0 Å². The van der Waals surface area contributed by atoms with Gasteiger partial charge < -0.3 is 5.32 Å². The average molecular weight is 331 g/mol. The van der Waals surface area contributed by atoms with Gasteiger partial charge in [-0.1, -0.05) is 12.1 Å². The van der Waals surface area contributed by atoms with Crippen LogP contribution in [0.25, 0.3) is 10.2 Å². The fourth-order valence-corrected chi connectivity index (χ4v) is 2.77. The number of fused-ring (bicyclic) bond motifs is 1. The lowest BCUT2D eigenvalue weighted by atomic mass is 10.2. The van der Waals surface area contributed by atoms with E-state index in [-0.39, 0.29) is 10.7 Å². The van der Waals surface area contributed by atoms with Crippen LogP contribution in [0.5, 0.6) is 0 Å². The van der Waals surface area contributed by atoms with E-state index in [4.69, 9.17) is 0 Å². The second kappa shape index (κ2) is 5.93. The van der Waals surface area contributed by atoms with Crippen molar-refractivity contribution in [2.45, 2.75) is 6.54 Å². The summed E-state index contributed by atoms with van der Waals surface area (Å²) in [5, 5.41) is 25.0. The SMILES string of the molecule is O=[N+]([O-])c1cccc(CNc2ncc3cc([N+](=O)[O-])sc3n2)c1. The third kappa shape index (κ3) is 3.21. The minimum atomic E-state index is -0.470. The number of nitrogens with one attached hydrogen (secondary N) is 1. The average Bonchev–Trinajstić information content (AvgIpc) is 2.96. The first-order valence-corrected chi connectivity index (χ1v) is 7.23. The molecule has 9 nitrogen and oxygen atoms in total. The molecule has 0 radical (unpaired) electrons. The number of thiophene rings is 1. The van der Waals surface area contributed by atoms with Gasteiger partial charge in [0.05, 0.1) is 9.85 Å². The molecule has 116 valence electrons. The minimum Gasteiger partial charge on any atom is -0.350 e. The monoisotopic (exact) mass is 331 g/mol. The molecule has 3 aromatic rings. The second-order valence-corrected chi connectivity index (χ2v) is 5.59. The van der Waals surface area contributed by atoms with Crippen LogP contribution in [0.2, 0.25) is 0 Å². The molecule has 1 N–H and O–H groups in total. The van der Waals surface area contributed by atoms with E-state index in [1.165, 1.54) is 24.4 Å². The highest BCUT2D eigenvalue weighted by atomic mass is 32.1. The molecule has 3 rings (SSSR count). The summed E-state index contributed by atoms with van der Waals surface area (Å²) in [6.45, 7) is 0.306. The molecule has 2 heterocycles. The van der Waals surface area contributed by atoms with Crippen LogP contribution in [0.3, 0.4) is 0 Å². The van der Waals surface area contributed by atoms with Crippen LogP contribution in [0.1, 0.15) is 5.56 Å². The Labute approximate surface area is 132 Å². The summed E-state index contributed by atoms with van der Waals surface area (Å²) in [4.78, 5) is 29.4. The predicted molar refractivity (Wildman–Crippen MR) is 84.5 cm³/mol. The van der Waals surface area contributed by atoms with Gasteiger partial charge in [0.1, 0.15) is 4.83 Å². The molecule has 0 aliphatic heterocycles. The van der Waals surface area contributed by atoms with E-state index < -0.39 is 9.85 Å².